The van der Waals surface area contributed by atoms with Gasteiger partial charge in [-0.2, -0.15) is 0 Å². The van der Waals surface area contributed by atoms with Crippen molar-refractivity contribution in [2.75, 3.05) is 27.2 Å². The van der Waals surface area contributed by atoms with E-state index in [1.54, 1.807) is 19.0 Å². The maximum absolute atomic E-state index is 13.7. The van der Waals surface area contributed by atoms with Crippen molar-refractivity contribution in [3.63, 3.8) is 0 Å². The van der Waals surface area contributed by atoms with Crippen LogP contribution >= 0.6 is 0 Å². The minimum atomic E-state index is -1.45. The second-order valence-electron chi connectivity index (χ2n) is 5.81. The number of piperidine rings is 1. The number of aliphatic hydroxyl groups is 1. The van der Waals surface area contributed by atoms with Crippen LogP contribution in [0, 0.1) is 11.6 Å². The van der Waals surface area contributed by atoms with Crippen LogP contribution in [0.4, 0.5) is 8.78 Å². The zero-order valence-electron chi connectivity index (χ0n) is 12.3. The largest absolute Gasteiger partial charge is 0.379 e. The first-order valence-electron chi connectivity index (χ1n) is 6.93. The summed E-state index contributed by atoms with van der Waals surface area (Å²) in [7, 11) is 3.55. The summed E-state index contributed by atoms with van der Waals surface area (Å²) in [6, 6.07) is 3.90. The monoisotopic (exact) mass is 298 g/mol. The number of amides is 1. The molecule has 1 amide bonds. The van der Waals surface area contributed by atoms with Gasteiger partial charge >= 0.3 is 0 Å². The fourth-order valence-corrected chi connectivity index (χ4v) is 2.76. The van der Waals surface area contributed by atoms with E-state index >= 15 is 0 Å². The molecule has 4 nitrogen and oxygen atoms in total. The first-order valence-corrected chi connectivity index (χ1v) is 6.93. The Balaban J connectivity index is 2.17. The number of carbonyl (C=O) groups is 1. The van der Waals surface area contributed by atoms with Crippen LogP contribution in [-0.4, -0.2) is 53.6 Å². The van der Waals surface area contributed by atoms with Crippen LogP contribution in [0.1, 0.15) is 18.4 Å². The van der Waals surface area contributed by atoms with Crippen LogP contribution in [0.15, 0.2) is 18.2 Å². The number of likely N-dealkylation sites (N-methyl/N-ethyl adjacent to an activating group) is 1. The highest BCUT2D eigenvalue weighted by molar-refractivity contribution is 5.86. The lowest BCUT2D eigenvalue weighted by atomic mass is 9.91. The number of likely N-dealkylation sites (tertiary alicyclic amines) is 1. The van der Waals surface area contributed by atoms with E-state index in [-0.39, 0.29) is 18.7 Å². The van der Waals surface area contributed by atoms with E-state index in [1.807, 2.05) is 0 Å². The molecule has 1 aromatic carbocycles. The molecule has 1 fully saturated rings. The van der Waals surface area contributed by atoms with Crippen LogP contribution in [0.3, 0.4) is 0 Å². The van der Waals surface area contributed by atoms with Gasteiger partial charge in [0, 0.05) is 25.2 Å². The lowest BCUT2D eigenvalue weighted by molar-refractivity contribution is -0.159. The van der Waals surface area contributed by atoms with E-state index in [0.717, 1.165) is 6.07 Å². The molecule has 1 atom stereocenters. The van der Waals surface area contributed by atoms with E-state index in [9.17, 15) is 18.7 Å². The number of hydrogen-bond donors (Lipinski definition) is 1. The van der Waals surface area contributed by atoms with E-state index in [1.165, 1.54) is 17.0 Å². The van der Waals surface area contributed by atoms with E-state index in [4.69, 9.17) is 0 Å². The number of hydrogen-bond acceptors (Lipinski definition) is 3. The number of rotatable bonds is 4. The van der Waals surface area contributed by atoms with Crippen LogP contribution in [0.5, 0.6) is 0 Å². The summed E-state index contributed by atoms with van der Waals surface area (Å²) < 4.78 is 26.9. The molecule has 1 heterocycles. The molecule has 21 heavy (non-hydrogen) atoms. The van der Waals surface area contributed by atoms with Crippen LogP contribution in [0.2, 0.25) is 0 Å². The minimum absolute atomic E-state index is 0.0296. The highest BCUT2D eigenvalue weighted by Crippen LogP contribution is 2.25. The van der Waals surface area contributed by atoms with E-state index < -0.39 is 23.1 Å². The van der Waals surface area contributed by atoms with Crippen LogP contribution < -0.4 is 0 Å². The summed E-state index contributed by atoms with van der Waals surface area (Å²) in [5.74, 6) is -2.29. The molecule has 6 heteroatoms. The molecule has 0 bridgehead atoms. The van der Waals surface area contributed by atoms with E-state index in [0.29, 0.717) is 19.4 Å². The van der Waals surface area contributed by atoms with Crippen molar-refractivity contribution in [3.05, 3.63) is 35.4 Å². The topological polar surface area (TPSA) is 43.8 Å². The van der Waals surface area contributed by atoms with Gasteiger partial charge in [-0.3, -0.25) is 4.79 Å². The summed E-state index contributed by atoms with van der Waals surface area (Å²) in [4.78, 5) is 15.6. The molecule has 0 spiro atoms. The second-order valence-corrected chi connectivity index (χ2v) is 5.81. The molecule has 0 aliphatic carbocycles. The zero-order chi connectivity index (χ0) is 15.6. The van der Waals surface area contributed by atoms with Gasteiger partial charge in [0.05, 0.1) is 0 Å². The molecule has 0 aromatic heterocycles. The van der Waals surface area contributed by atoms with Gasteiger partial charge < -0.3 is 14.9 Å². The first kappa shape index (κ1) is 15.9. The molecule has 1 aliphatic rings. The predicted octanol–water partition coefficient (Wildman–Crippen LogP) is 1.38. The molecular weight excluding hydrogens is 278 g/mol. The van der Waals surface area contributed by atoms with Gasteiger partial charge in [-0.15, -0.1) is 0 Å². The highest BCUT2D eigenvalue weighted by atomic mass is 19.2. The standard InChI is InChI=1S/C15H20F2N2O2/c1-18(2)10-15(21)7-4-8-19(14(15)20)9-11-5-3-6-12(16)13(11)17/h3,5-6,21H,4,7-10H2,1-2H3/t15-/m1/s1. The molecule has 1 aromatic rings. The summed E-state index contributed by atoms with van der Waals surface area (Å²) in [6.45, 7) is 0.622. The lowest BCUT2D eigenvalue weighted by Gasteiger charge is -2.39. The maximum atomic E-state index is 13.7. The molecular formula is C15H20F2N2O2. The van der Waals surface area contributed by atoms with Gasteiger partial charge in [-0.1, -0.05) is 12.1 Å². The number of carbonyl (C=O) groups excluding carboxylic acids is 1. The summed E-state index contributed by atoms with van der Waals surface area (Å²) >= 11 is 0. The summed E-state index contributed by atoms with van der Waals surface area (Å²) in [5.41, 5.74) is -1.33. The Labute approximate surface area is 123 Å². The third-order valence-electron chi connectivity index (χ3n) is 3.67. The molecule has 1 saturated heterocycles. The Morgan fingerprint density at radius 2 is 2.10 bits per heavy atom. The Bertz CT molecular complexity index is 536. The average molecular weight is 298 g/mol. The van der Waals surface area contributed by atoms with Crippen molar-refractivity contribution in [1.82, 2.24) is 9.80 Å². The van der Waals surface area contributed by atoms with Crippen LogP contribution in [-0.2, 0) is 11.3 Å². The third-order valence-corrected chi connectivity index (χ3v) is 3.67. The highest BCUT2D eigenvalue weighted by Gasteiger charge is 2.42. The quantitative estimate of drug-likeness (QED) is 0.913. The van der Waals surface area contributed by atoms with Crippen molar-refractivity contribution in [1.29, 1.82) is 0 Å². The lowest BCUT2D eigenvalue weighted by Crippen LogP contribution is -2.57. The maximum Gasteiger partial charge on any atom is 0.256 e. The Morgan fingerprint density at radius 3 is 2.76 bits per heavy atom. The molecule has 0 radical (unpaired) electrons. The molecule has 0 saturated carbocycles. The number of halogens is 2. The van der Waals surface area contributed by atoms with Crippen LogP contribution in [0.25, 0.3) is 0 Å². The average Bonchev–Trinajstić information content (AvgIpc) is 2.39. The van der Waals surface area contributed by atoms with Gasteiger partial charge in [0.1, 0.15) is 0 Å². The first-order chi connectivity index (χ1) is 9.83. The number of benzene rings is 1. The Kier molecular flexibility index (Phi) is 4.58. The van der Waals surface area contributed by atoms with Gasteiger partial charge in [0.25, 0.3) is 5.91 Å². The van der Waals surface area contributed by atoms with Crippen molar-refractivity contribution in [3.8, 4) is 0 Å². The second kappa shape index (κ2) is 6.07. The van der Waals surface area contributed by atoms with Crippen molar-refractivity contribution >= 4 is 5.91 Å². The zero-order valence-corrected chi connectivity index (χ0v) is 12.3. The molecule has 116 valence electrons. The van der Waals surface area contributed by atoms with Crippen molar-refractivity contribution in [2.45, 2.75) is 25.0 Å². The fraction of sp³-hybridized carbons (Fsp3) is 0.533. The normalized spacial score (nSPS) is 23.0. The van der Waals surface area contributed by atoms with Gasteiger partial charge in [0.15, 0.2) is 17.2 Å². The fourth-order valence-electron chi connectivity index (χ4n) is 2.76. The Morgan fingerprint density at radius 1 is 1.38 bits per heavy atom. The van der Waals surface area contributed by atoms with Crippen molar-refractivity contribution in [2.24, 2.45) is 0 Å². The SMILES string of the molecule is CN(C)C[C@]1(O)CCCN(Cc2cccc(F)c2F)C1=O. The van der Waals surface area contributed by atoms with Gasteiger partial charge in [-0.25, -0.2) is 8.78 Å². The predicted molar refractivity (Wildman–Crippen MR) is 74.5 cm³/mol. The van der Waals surface area contributed by atoms with Gasteiger partial charge in [-0.05, 0) is 33.0 Å². The number of nitrogens with zero attached hydrogens (tertiary/aromatic N) is 2. The summed E-state index contributed by atoms with van der Waals surface area (Å²) in [6.07, 6.45) is 1.01. The smallest absolute Gasteiger partial charge is 0.256 e. The van der Waals surface area contributed by atoms with Gasteiger partial charge in [0.2, 0.25) is 0 Å². The van der Waals surface area contributed by atoms with E-state index in [2.05, 4.69) is 0 Å². The minimum Gasteiger partial charge on any atom is -0.379 e. The molecule has 1 aliphatic heterocycles. The Hall–Kier alpha value is -1.53. The van der Waals surface area contributed by atoms with Crippen molar-refractivity contribution < 1.29 is 18.7 Å². The third kappa shape index (κ3) is 3.39. The molecule has 0 unspecified atom stereocenters. The summed E-state index contributed by atoms with van der Waals surface area (Å²) in [5, 5.41) is 10.5. The molecule has 2 rings (SSSR count). The molecule has 1 N–H and O–H groups in total.